The fraction of sp³-hybridized carbons (Fsp3) is 0.136. The Balaban J connectivity index is 1.61. The van der Waals surface area contributed by atoms with Crippen molar-refractivity contribution in [2.45, 2.75) is 6.54 Å². The summed E-state index contributed by atoms with van der Waals surface area (Å²) >= 11 is 0. The van der Waals surface area contributed by atoms with Gasteiger partial charge in [-0.2, -0.15) is 5.10 Å². The second-order valence-electron chi connectivity index (χ2n) is 6.36. The van der Waals surface area contributed by atoms with Crippen molar-refractivity contribution in [3.63, 3.8) is 0 Å². The molecule has 4 aromatic rings. The molecule has 2 aromatic carbocycles. The molecule has 1 amide bonds. The van der Waals surface area contributed by atoms with Crippen LogP contribution in [0, 0.1) is 0 Å². The monoisotopic (exact) mass is 388 g/mol. The predicted molar refractivity (Wildman–Crippen MR) is 111 cm³/mol. The Morgan fingerprint density at radius 2 is 1.86 bits per heavy atom. The van der Waals surface area contributed by atoms with Crippen molar-refractivity contribution in [2.75, 3.05) is 19.5 Å². The number of nitrogens with one attached hydrogen (secondary N) is 1. The van der Waals surface area contributed by atoms with E-state index in [1.807, 2.05) is 42.5 Å². The third-order valence-electron chi connectivity index (χ3n) is 4.66. The van der Waals surface area contributed by atoms with Crippen molar-refractivity contribution in [1.82, 2.24) is 14.8 Å². The van der Waals surface area contributed by atoms with Crippen molar-refractivity contribution >= 4 is 22.6 Å². The van der Waals surface area contributed by atoms with E-state index in [-0.39, 0.29) is 5.91 Å². The van der Waals surface area contributed by atoms with Crippen LogP contribution in [0.5, 0.6) is 11.5 Å². The highest BCUT2D eigenvalue weighted by atomic mass is 16.5. The molecule has 0 aliphatic rings. The maximum absolute atomic E-state index is 12.9. The summed E-state index contributed by atoms with van der Waals surface area (Å²) in [7, 11) is 3.20. The Hall–Kier alpha value is -3.87. The molecule has 0 fully saturated rings. The van der Waals surface area contributed by atoms with Crippen LogP contribution in [-0.4, -0.2) is 34.9 Å². The van der Waals surface area contributed by atoms with E-state index in [1.165, 1.54) is 0 Å². The molecule has 0 saturated heterocycles. The van der Waals surface area contributed by atoms with E-state index in [9.17, 15) is 4.79 Å². The summed E-state index contributed by atoms with van der Waals surface area (Å²) in [5.74, 6) is 1.65. The molecule has 0 radical (unpaired) electrons. The molecule has 2 heterocycles. The lowest BCUT2D eigenvalue weighted by Gasteiger charge is -2.14. The highest BCUT2D eigenvalue weighted by Crippen LogP contribution is 2.31. The molecule has 0 saturated carbocycles. The van der Waals surface area contributed by atoms with Gasteiger partial charge in [-0.05, 0) is 18.2 Å². The van der Waals surface area contributed by atoms with Crippen LogP contribution in [0.3, 0.4) is 0 Å². The molecule has 0 unspecified atom stereocenters. The first-order valence-electron chi connectivity index (χ1n) is 9.08. The van der Waals surface area contributed by atoms with E-state index < -0.39 is 0 Å². The number of amides is 1. The van der Waals surface area contributed by atoms with Crippen LogP contribution < -0.4 is 14.8 Å². The van der Waals surface area contributed by atoms with E-state index in [0.29, 0.717) is 29.4 Å². The third kappa shape index (κ3) is 3.62. The summed E-state index contributed by atoms with van der Waals surface area (Å²) in [6.07, 6.45) is 3.28. The van der Waals surface area contributed by atoms with Gasteiger partial charge in [-0.1, -0.05) is 30.3 Å². The number of benzene rings is 2. The fourth-order valence-electron chi connectivity index (χ4n) is 3.28. The van der Waals surface area contributed by atoms with Crippen LogP contribution >= 0.6 is 0 Å². The zero-order valence-corrected chi connectivity index (χ0v) is 16.1. The number of rotatable bonds is 6. The maximum atomic E-state index is 12.9. The summed E-state index contributed by atoms with van der Waals surface area (Å²) in [6, 6.07) is 16.7. The molecular formula is C22H20N4O3. The van der Waals surface area contributed by atoms with E-state index >= 15 is 0 Å². The van der Waals surface area contributed by atoms with Gasteiger partial charge in [-0.25, -0.2) is 4.68 Å². The second kappa shape index (κ2) is 8.02. The summed E-state index contributed by atoms with van der Waals surface area (Å²) in [6.45, 7) is 0.417. The lowest BCUT2D eigenvalue weighted by molar-refractivity contribution is 0.102. The van der Waals surface area contributed by atoms with Gasteiger partial charge in [0.05, 0.1) is 38.0 Å². The van der Waals surface area contributed by atoms with Crippen molar-refractivity contribution < 1.29 is 14.3 Å². The average Bonchev–Trinajstić information content (AvgIpc) is 3.19. The number of ether oxygens (including phenoxy) is 2. The van der Waals surface area contributed by atoms with Gasteiger partial charge in [0, 0.05) is 23.2 Å². The number of anilines is 1. The van der Waals surface area contributed by atoms with Crippen LogP contribution in [0.1, 0.15) is 15.9 Å². The first kappa shape index (κ1) is 18.5. The van der Waals surface area contributed by atoms with Gasteiger partial charge in [-0.15, -0.1) is 0 Å². The molecule has 0 aliphatic heterocycles. The fourth-order valence-corrected chi connectivity index (χ4v) is 3.28. The first-order valence-corrected chi connectivity index (χ1v) is 9.08. The Bertz CT molecular complexity index is 1160. The average molecular weight is 388 g/mol. The van der Waals surface area contributed by atoms with Gasteiger partial charge in [0.15, 0.2) is 11.5 Å². The Kier molecular flexibility index (Phi) is 5.11. The van der Waals surface area contributed by atoms with Crippen molar-refractivity contribution in [1.29, 1.82) is 0 Å². The highest BCUT2D eigenvalue weighted by Gasteiger charge is 2.15. The minimum Gasteiger partial charge on any atom is -0.493 e. The quantitative estimate of drug-likeness (QED) is 0.544. The van der Waals surface area contributed by atoms with Gasteiger partial charge >= 0.3 is 0 Å². The molecule has 2 aromatic heterocycles. The number of fused-ring (bicyclic) bond motifs is 1. The number of hydrogen-bond acceptors (Lipinski definition) is 5. The van der Waals surface area contributed by atoms with Gasteiger partial charge in [0.2, 0.25) is 0 Å². The van der Waals surface area contributed by atoms with Gasteiger partial charge in [-0.3, -0.25) is 9.78 Å². The lowest BCUT2D eigenvalue weighted by atomic mass is 10.1. The Morgan fingerprint density at radius 3 is 2.69 bits per heavy atom. The summed E-state index contributed by atoms with van der Waals surface area (Å²) in [5, 5.41) is 8.09. The molecule has 29 heavy (non-hydrogen) atoms. The normalized spacial score (nSPS) is 10.7. The van der Waals surface area contributed by atoms with Gasteiger partial charge < -0.3 is 14.8 Å². The molecule has 0 spiro atoms. The van der Waals surface area contributed by atoms with Crippen molar-refractivity contribution in [3.05, 3.63) is 78.1 Å². The number of carbonyl (C=O) groups excluding carboxylic acids is 1. The molecule has 1 N–H and O–H groups in total. The number of aromatic nitrogens is 3. The largest absolute Gasteiger partial charge is 0.493 e. The third-order valence-corrected chi connectivity index (χ3v) is 4.66. The second-order valence-corrected chi connectivity index (χ2v) is 6.36. The van der Waals surface area contributed by atoms with Gasteiger partial charge in [0.25, 0.3) is 5.91 Å². The van der Waals surface area contributed by atoms with Crippen LogP contribution in [0.2, 0.25) is 0 Å². The van der Waals surface area contributed by atoms with Crippen LogP contribution in [-0.2, 0) is 6.54 Å². The molecule has 4 rings (SSSR count). The van der Waals surface area contributed by atoms with E-state index in [1.54, 1.807) is 43.4 Å². The smallest absolute Gasteiger partial charge is 0.257 e. The Morgan fingerprint density at radius 1 is 1.00 bits per heavy atom. The lowest BCUT2D eigenvalue weighted by Crippen LogP contribution is -2.17. The van der Waals surface area contributed by atoms with Gasteiger partial charge in [0.1, 0.15) is 5.82 Å². The Labute approximate surface area is 167 Å². The zero-order valence-electron chi connectivity index (χ0n) is 16.1. The number of nitrogens with zero attached hydrogens (tertiary/aromatic N) is 3. The minimum absolute atomic E-state index is 0.219. The van der Waals surface area contributed by atoms with E-state index in [0.717, 1.165) is 16.5 Å². The number of para-hydroxylation sites is 2. The van der Waals surface area contributed by atoms with Crippen LogP contribution in [0.15, 0.2) is 67.0 Å². The minimum atomic E-state index is -0.219. The number of pyridine rings is 1. The standard InChI is InChI=1S/C22H20N4O3/c1-28-19-9-5-6-15(21(19)29-2)14-26-20(11-13-24-26)25-22(27)17-10-12-23-18-8-4-3-7-16(17)18/h3-13H,14H2,1-2H3,(H,25,27). The number of hydrogen-bond donors (Lipinski definition) is 1. The van der Waals surface area contributed by atoms with Crippen molar-refractivity contribution in [2.24, 2.45) is 0 Å². The molecule has 7 heteroatoms. The predicted octanol–water partition coefficient (Wildman–Crippen LogP) is 3.75. The number of carbonyl (C=O) groups is 1. The van der Waals surface area contributed by atoms with E-state index in [2.05, 4.69) is 15.4 Å². The van der Waals surface area contributed by atoms with Crippen LogP contribution in [0.4, 0.5) is 5.82 Å². The van der Waals surface area contributed by atoms with Crippen molar-refractivity contribution in [3.8, 4) is 11.5 Å². The molecule has 0 bridgehead atoms. The zero-order chi connectivity index (χ0) is 20.2. The van der Waals surface area contributed by atoms with Crippen LogP contribution in [0.25, 0.3) is 10.9 Å². The summed E-state index contributed by atoms with van der Waals surface area (Å²) < 4.78 is 12.6. The molecule has 0 aliphatic carbocycles. The summed E-state index contributed by atoms with van der Waals surface area (Å²) in [5.41, 5.74) is 2.22. The number of methoxy groups -OCH3 is 2. The topological polar surface area (TPSA) is 78.3 Å². The molecule has 7 nitrogen and oxygen atoms in total. The molecule has 0 atom stereocenters. The summed E-state index contributed by atoms with van der Waals surface area (Å²) in [4.78, 5) is 17.2. The SMILES string of the molecule is COc1cccc(Cn2nccc2NC(=O)c2ccnc3ccccc23)c1OC. The van der Waals surface area contributed by atoms with E-state index in [4.69, 9.17) is 9.47 Å². The molecular weight excluding hydrogens is 368 g/mol. The first-order chi connectivity index (χ1) is 14.2. The highest BCUT2D eigenvalue weighted by molar-refractivity contribution is 6.11. The maximum Gasteiger partial charge on any atom is 0.257 e. The molecule has 146 valence electrons.